The second kappa shape index (κ2) is 4.88. The van der Waals surface area contributed by atoms with Crippen molar-refractivity contribution in [3.63, 3.8) is 0 Å². The van der Waals surface area contributed by atoms with Crippen LogP contribution in [0.5, 0.6) is 6.01 Å². The number of carbonyl (C=O) groups is 1. The van der Waals surface area contributed by atoms with Crippen LogP contribution >= 0.6 is 0 Å². The molecule has 2 rings (SSSR count). The van der Waals surface area contributed by atoms with E-state index < -0.39 is 17.5 Å². The average molecular weight is 276 g/mol. The molecular formula is C11H12N6O3. The maximum atomic E-state index is 11.8. The Bertz CT molecular complexity index is 719. The Hall–Kier alpha value is -3.10. The lowest BCUT2D eigenvalue weighted by Gasteiger charge is -2.08. The van der Waals surface area contributed by atoms with E-state index in [-0.39, 0.29) is 23.0 Å². The molecule has 0 bridgehead atoms. The van der Waals surface area contributed by atoms with Crippen molar-refractivity contribution in [2.45, 2.75) is 6.92 Å². The Morgan fingerprint density at radius 2 is 2.10 bits per heavy atom. The number of nitrogens with one attached hydrogen (secondary N) is 2. The third-order valence-electron chi connectivity index (χ3n) is 2.48. The first-order valence-corrected chi connectivity index (χ1v) is 5.51. The van der Waals surface area contributed by atoms with Crippen molar-refractivity contribution >= 4 is 23.2 Å². The third kappa shape index (κ3) is 2.66. The smallest absolute Gasteiger partial charge is 0.317 e. The van der Waals surface area contributed by atoms with Gasteiger partial charge in [-0.15, -0.1) is 0 Å². The van der Waals surface area contributed by atoms with E-state index >= 15 is 0 Å². The number of hydrogen-bond donors (Lipinski definition) is 5. The standard InChI is InChI=1S/C11H12N6O3/c1-4-2-5(10(19)17-8(4)9(13)18)14-7-3-6(12)15-11(20)16-7/h2-3H,1H3,(H2,13,18)(H,17,19)(H4,12,14,15,16,20). The van der Waals surface area contributed by atoms with Gasteiger partial charge in [0.05, 0.1) is 0 Å². The fourth-order valence-corrected chi connectivity index (χ4v) is 1.64. The molecule has 2 aromatic heterocycles. The fraction of sp³-hybridized carbons (Fsp3) is 0.0909. The number of aromatic nitrogens is 3. The SMILES string of the molecule is Cc1cc(Nc2cc(N)nc(O)n2)c(=O)[nH]c1C(N)=O. The fourth-order valence-electron chi connectivity index (χ4n) is 1.64. The average Bonchev–Trinajstić information content (AvgIpc) is 2.31. The number of hydrogen-bond acceptors (Lipinski definition) is 7. The Balaban J connectivity index is 2.42. The molecule has 7 N–H and O–H groups in total. The van der Waals surface area contributed by atoms with Gasteiger partial charge in [0, 0.05) is 6.07 Å². The highest BCUT2D eigenvalue weighted by Crippen LogP contribution is 2.16. The molecule has 0 fully saturated rings. The van der Waals surface area contributed by atoms with Crippen molar-refractivity contribution in [3.8, 4) is 6.01 Å². The molecular weight excluding hydrogens is 264 g/mol. The van der Waals surface area contributed by atoms with Crippen molar-refractivity contribution in [3.05, 3.63) is 33.7 Å². The summed E-state index contributed by atoms with van der Waals surface area (Å²) in [6, 6.07) is 2.26. The van der Waals surface area contributed by atoms with Crippen LogP contribution in [0.25, 0.3) is 0 Å². The van der Waals surface area contributed by atoms with Gasteiger partial charge in [-0.25, -0.2) is 0 Å². The van der Waals surface area contributed by atoms with Crippen LogP contribution in [0.4, 0.5) is 17.3 Å². The minimum Gasteiger partial charge on any atom is -0.479 e. The number of anilines is 3. The van der Waals surface area contributed by atoms with E-state index in [4.69, 9.17) is 11.5 Å². The number of aryl methyl sites for hydroxylation is 1. The zero-order valence-corrected chi connectivity index (χ0v) is 10.5. The molecule has 0 aromatic carbocycles. The van der Waals surface area contributed by atoms with Crippen molar-refractivity contribution < 1.29 is 9.90 Å². The van der Waals surface area contributed by atoms with E-state index in [9.17, 15) is 14.7 Å². The molecule has 104 valence electrons. The summed E-state index contributed by atoms with van der Waals surface area (Å²) in [4.78, 5) is 32.4. The second-order valence-corrected chi connectivity index (χ2v) is 4.04. The van der Waals surface area contributed by atoms with Crippen LogP contribution in [0.3, 0.4) is 0 Å². The van der Waals surface area contributed by atoms with Crippen LogP contribution < -0.4 is 22.3 Å². The summed E-state index contributed by atoms with van der Waals surface area (Å²) in [6.07, 6.45) is 0. The number of nitrogens with zero attached hydrogens (tertiary/aromatic N) is 2. The minimum atomic E-state index is -0.727. The molecule has 0 saturated heterocycles. The molecule has 1 amide bonds. The monoisotopic (exact) mass is 276 g/mol. The Morgan fingerprint density at radius 1 is 1.40 bits per heavy atom. The first kappa shape index (κ1) is 13.3. The predicted molar refractivity (Wildman–Crippen MR) is 71.7 cm³/mol. The van der Waals surface area contributed by atoms with Gasteiger partial charge >= 0.3 is 6.01 Å². The largest absolute Gasteiger partial charge is 0.479 e. The number of amides is 1. The third-order valence-corrected chi connectivity index (χ3v) is 2.48. The number of aromatic hydroxyl groups is 1. The number of primary amides is 1. The summed E-state index contributed by atoms with van der Waals surface area (Å²) in [7, 11) is 0. The highest BCUT2D eigenvalue weighted by atomic mass is 16.3. The van der Waals surface area contributed by atoms with Crippen molar-refractivity contribution in [2.24, 2.45) is 5.73 Å². The summed E-state index contributed by atoms with van der Waals surface area (Å²) in [5, 5.41) is 11.9. The molecule has 9 nitrogen and oxygen atoms in total. The maximum absolute atomic E-state index is 11.8. The molecule has 0 atom stereocenters. The van der Waals surface area contributed by atoms with E-state index in [2.05, 4.69) is 20.3 Å². The molecule has 0 aliphatic carbocycles. The van der Waals surface area contributed by atoms with E-state index in [0.29, 0.717) is 5.56 Å². The number of rotatable bonds is 3. The highest BCUT2D eigenvalue weighted by molar-refractivity contribution is 5.92. The Labute approximate surface area is 112 Å². The number of carbonyl (C=O) groups excluding carboxylic acids is 1. The van der Waals surface area contributed by atoms with E-state index in [1.807, 2.05) is 0 Å². The summed E-state index contributed by atoms with van der Waals surface area (Å²) in [5.74, 6) is -0.538. The molecule has 0 unspecified atom stereocenters. The van der Waals surface area contributed by atoms with E-state index in [1.165, 1.54) is 12.1 Å². The maximum Gasteiger partial charge on any atom is 0.317 e. The van der Waals surface area contributed by atoms with Gasteiger partial charge in [0.2, 0.25) is 0 Å². The molecule has 20 heavy (non-hydrogen) atoms. The molecule has 0 aliphatic heterocycles. The minimum absolute atomic E-state index is 0.0330. The van der Waals surface area contributed by atoms with Crippen LogP contribution in [-0.4, -0.2) is 26.0 Å². The molecule has 0 aliphatic rings. The van der Waals surface area contributed by atoms with Gasteiger partial charge in [-0.1, -0.05) is 0 Å². The molecule has 2 aromatic rings. The number of nitrogen functional groups attached to an aromatic ring is 1. The molecule has 0 spiro atoms. The number of aromatic amines is 1. The number of pyridine rings is 1. The lowest BCUT2D eigenvalue weighted by Crippen LogP contribution is -2.22. The Kier molecular flexibility index (Phi) is 3.25. The Morgan fingerprint density at radius 3 is 2.70 bits per heavy atom. The van der Waals surface area contributed by atoms with Gasteiger partial charge < -0.3 is 26.9 Å². The van der Waals surface area contributed by atoms with Crippen LogP contribution in [0.15, 0.2) is 16.9 Å². The van der Waals surface area contributed by atoms with Gasteiger partial charge in [0.1, 0.15) is 23.0 Å². The first-order chi connectivity index (χ1) is 9.36. The van der Waals surface area contributed by atoms with Gasteiger partial charge in [-0.2, -0.15) is 9.97 Å². The molecule has 0 saturated carbocycles. The van der Waals surface area contributed by atoms with Crippen molar-refractivity contribution in [1.29, 1.82) is 0 Å². The topological polar surface area (TPSA) is 160 Å². The quantitative estimate of drug-likeness (QED) is 0.509. The van der Waals surface area contributed by atoms with Crippen LogP contribution in [-0.2, 0) is 0 Å². The summed E-state index contributed by atoms with van der Waals surface area (Å²) < 4.78 is 0. The predicted octanol–water partition coefficient (Wildman–Crippen LogP) is -0.396. The normalized spacial score (nSPS) is 10.2. The van der Waals surface area contributed by atoms with E-state index in [0.717, 1.165) is 0 Å². The van der Waals surface area contributed by atoms with Crippen LogP contribution in [0.2, 0.25) is 0 Å². The molecule has 9 heteroatoms. The second-order valence-electron chi connectivity index (χ2n) is 4.04. The lowest BCUT2D eigenvalue weighted by atomic mass is 10.2. The molecule has 0 radical (unpaired) electrons. The van der Waals surface area contributed by atoms with Gasteiger partial charge in [-0.05, 0) is 18.6 Å². The van der Waals surface area contributed by atoms with Gasteiger partial charge in [0.25, 0.3) is 11.5 Å². The number of H-pyrrole nitrogens is 1. The molecule has 2 heterocycles. The van der Waals surface area contributed by atoms with E-state index in [1.54, 1.807) is 6.92 Å². The van der Waals surface area contributed by atoms with Gasteiger partial charge in [-0.3, -0.25) is 9.59 Å². The lowest BCUT2D eigenvalue weighted by molar-refractivity contribution is 0.0994. The zero-order valence-electron chi connectivity index (χ0n) is 10.5. The number of nitrogens with two attached hydrogens (primary N) is 2. The van der Waals surface area contributed by atoms with Crippen LogP contribution in [0.1, 0.15) is 16.1 Å². The zero-order chi connectivity index (χ0) is 14.9. The van der Waals surface area contributed by atoms with Crippen molar-refractivity contribution in [1.82, 2.24) is 15.0 Å². The first-order valence-electron chi connectivity index (χ1n) is 5.51. The highest BCUT2D eigenvalue weighted by Gasteiger charge is 2.11. The van der Waals surface area contributed by atoms with Gasteiger partial charge in [0.15, 0.2) is 0 Å². The van der Waals surface area contributed by atoms with Crippen molar-refractivity contribution in [2.75, 3.05) is 11.1 Å². The summed E-state index contributed by atoms with van der Waals surface area (Å²) in [6.45, 7) is 1.62. The van der Waals surface area contributed by atoms with Crippen LogP contribution in [0, 0.1) is 6.92 Å². The summed E-state index contributed by atoms with van der Waals surface area (Å²) >= 11 is 0. The summed E-state index contributed by atoms with van der Waals surface area (Å²) in [5.41, 5.74) is 10.7.